The Morgan fingerprint density at radius 1 is 1.11 bits per heavy atom. The molecule has 0 saturated heterocycles. The zero-order valence-corrected chi connectivity index (χ0v) is 9.98. The molecule has 3 aromatic rings. The summed E-state index contributed by atoms with van der Waals surface area (Å²) in [5.74, 6) is -1.83. The van der Waals surface area contributed by atoms with E-state index in [9.17, 15) is 8.78 Å². The Labute approximate surface area is 107 Å². The van der Waals surface area contributed by atoms with Gasteiger partial charge in [-0.3, -0.25) is 0 Å². The highest BCUT2D eigenvalue weighted by Gasteiger charge is 2.15. The summed E-state index contributed by atoms with van der Waals surface area (Å²) in [4.78, 5) is 4.18. The van der Waals surface area contributed by atoms with Crippen molar-refractivity contribution in [2.24, 2.45) is 0 Å². The van der Waals surface area contributed by atoms with Crippen LogP contribution < -0.4 is 4.74 Å². The van der Waals surface area contributed by atoms with Crippen LogP contribution in [0.2, 0.25) is 0 Å². The molecule has 3 rings (SSSR count). The van der Waals surface area contributed by atoms with Crippen molar-refractivity contribution in [3.63, 3.8) is 0 Å². The Kier molecular flexibility index (Phi) is 2.67. The number of methoxy groups -OCH3 is 1. The molecular weight excluding hydrogens is 252 g/mol. The largest absolute Gasteiger partial charge is 0.491 e. The van der Waals surface area contributed by atoms with Crippen LogP contribution in [0.3, 0.4) is 0 Å². The van der Waals surface area contributed by atoms with Crippen LogP contribution in [0.5, 0.6) is 5.75 Å². The molecule has 2 aromatic carbocycles. The standard InChI is InChI=1S/C14H9F2NO2/c1-18-13-9(15)6-8(7-10(13)16)14-17-11-4-2-3-5-12(11)19-14/h2-7H,1H3. The van der Waals surface area contributed by atoms with Crippen molar-refractivity contribution < 1.29 is 17.9 Å². The van der Waals surface area contributed by atoms with E-state index in [1.165, 1.54) is 7.11 Å². The summed E-state index contributed by atoms with van der Waals surface area (Å²) in [5, 5.41) is 0. The van der Waals surface area contributed by atoms with Gasteiger partial charge < -0.3 is 9.15 Å². The molecule has 19 heavy (non-hydrogen) atoms. The summed E-state index contributed by atoms with van der Waals surface area (Å²) >= 11 is 0. The molecule has 1 heterocycles. The van der Waals surface area contributed by atoms with E-state index in [1.807, 2.05) is 6.07 Å². The molecule has 0 unspecified atom stereocenters. The van der Waals surface area contributed by atoms with Gasteiger partial charge in [0, 0.05) is 5.56 Å². The van der Waals surface area contributed by atoms with Crippen molar-refractivity contribution in [1.82, 2.24) is 4.98 Å². The van der Waals surface area contributed by atoms with Crippen LogP contribution >= 0.6 is 0 Å². The maximum atomic E-state index is 13.6. The molecule has 0 amide bonds. The lowest BCUT2D eigenvalue weighted by molar-refractivity contribution is 0.360. The fraction of sp³-hybridized carbons (Fsp3) is 0.0714. The lowest BCUT2D eigenvalue weighted by Crippen LogP contribution is -1.93. The summed E-state index contributed by atoms with van der Waals surface area (Å²) in [6.07, 6.45) is 0. The lowest BCUT2D eigenvalue weighted by Gasteiger charge is -2.04. The third kappa shape index (κ3) is 1.93. The molecule has 0 fully saturated rings. The lowest BCUT2D eigenvalue weighted by atomic mass is 10.2. The molecule has 0 saturated carbocycles. The van der Waals surface area contributed by atoms with Crippen molar-refractivity contribution in [3.05, 3.63) is 48.0 Å². The first kappa shape index (κ1) is 11.6. The molecule has 0 spiro atoms. The zero-order valence-electron chi connectivity index (χ0n) is 9.98. The summed E-state index contributed by atoms with van der Waals surface area (Å²) in [6, 6.07) is 9.37. The number of ether oxygens (including phenoxy) is 1. The van der Waals surface area contributed by atoms with E-state index in [0.29, 0.717) is 11.1 Å². The smallest absolute Gasteiger partial charge is 0.227 e. The molecule has 0 atom stereocenters. The normalized spacial score (nSPS) is 10.9. The summed E-state index contributed by atoms with van der Waals surface area (Å²) in [7, 11) is 1.21. The summed E-state index contributed by atoms with van der Waals surface area (Å²) < 4.78 is 37.3. The average Bonchev–Trinajstić information content (AvgIpc) is 2.82. The number of fused-ring (bicyclic) bond motifs is 1. The van der Waals surface area contributed by atoms with Crippen molar-refractivity contribution >= 4 is 11.1 Å². The molecule has 0 aliphatic rings. The van der Waals surface area contributed by atoms with E-state index in [-0.39, 0.29) is 11.5 Å². The highest BCUT2D eigenvalue weighted by Crippen LogP contribution is 2.30. The molecule has 0 aliphatic carbocycles. The van der Waals surface area contributed by atoms with Crippen LogP contribution in [0.15, 0.2) is 40.8 Å². The van der Waals surface area contributed by atoms with Gasteiger partial charge in [0.25, 0.3) is 0 Å². The monoisotopic (exact) mass is 261 g/mol. The van der Waals surface area contributed by atoms with Crippen molar-refractivity contribution in [2.45, 2.75) is 0 Å². The second-order valence-corrected chi connectivity index (χ2v) is 3.96. The van der Waals surface area contributed by atoms with Gasteiger partial charge in [0.2, 0.25) is 5.89 Å². The molecule has 0 N–H and O–H groups in total. The number of benzene rings is 2. The minimum atomic E-state index is -0.792. The molecule has 0 bridgehead atoms. The van der Waals surface area contributed by atoms with E-state index in [4.69, 9.17) is 4.42 Å². The minimum absolute atomic E-state index is 0.168. The average molecular weight is 261 g/mol. The topological polar surface area (TPSA) is 35.3 Å². The van der Waals surface area contributed by atoms with E-state index in [0.717, 1.165) is 12.1 Å². The van der Waals surface area contributed by atoms with Gasteiger partial charge in [0.15, 0.2) is 23.0 Å². The Morgan fingerprint density at radius 2 is 1.79 bits per heavy atom. The van der Waals surface area contributed by atoms with E-state index in [1.54, 1.807) is 18.2 Å². The van der Waals surface area contributed by atoms with Crippen LogP contribution in [0.1, 0.15) is 0 Å². The highest BCUT2D eigenvalue weighted by molar-refractivity contribution is 5.76. The van der Waals surface area contributed by atoms with E-state index < -0.39 is 17.4 Å². The van der Waals surface area contributed by atoms with E-state index >= 15 is 0 Å². The first-order valence-electron chi connectivity index (χ1n) is 5.58. The first-order chi connectivity index (χ1) is 9.19. The van der Waals surface area contributed by atoms with Crippen molar-refractivity contribution in [3.8, 4) is 17.2 Å². The van der Waals surface area contributed by atoms with Gasteiger partial charge in [-0.15, -0.1) is 0 Å². The number of rotatable bonds is 2. The maximum absolute atomic E-state index is 13.6. The second-order valence-electron chi connectivity index (χ2n) is 3.96. The zero-order chi connectivity index (χ0) is 13.4. The van der Waals surface area contributed by atoms with Gasteiger partial charge in [0.05, 0.1) is 7.11 Å². The Bertz CT molecular complexity index is 696. The molecular formula is C14H9F2NO2. The number of hydrogen-bond acceptors (Lipinski definition) is 3. The second kappa shape index (κ2) is 4.35. The number of aromatic nitrogens is 1. The van der Waals surface area contributed by atoms with Gasteiger partial charge in [-0.1, -0.05) is 12.1 Å². The van der Waals surface area contributed by atoms with Crippen LogP contribution in [-0.4, -0.2) is 12.1 Å². The summed E-state index contributed by atoms with van der Waals surface area (Å²) in [5.41, 5.74) is 1.43. The van der Waals surface area contributed by atoms with Crippen molar-refractivity contribution in [2.75, 3.05) is 7.11 Å². The highest BCUT2D eigenvalue weighted by atomic mass is 19.1. The Morgan fingerprint density at radius 3 is 2.42 bits per heavy atom. The number of para-hydroxylation sites is 2. The number of hydrogen-bond donors (Lipinski definition) is 0. The number of nitrogens with zero attached hydrogens (tertiary/aromatic N) is 1. The molecule has 3 nitrogen and oxygen atoms in total. The molecule has 1 aromatic heterocycles. The molecule has 5 heteroatoms. The number of halogens is 2. The first-order valence-corrected chi connectivity index (χ1v) is 5.58. The fourth-order valence-electron chi connectivity index (χ4n) is 1.87. The number of oxazole rings is 1. The van der Waals surface area contributed by atoms with Gasteiger partial charge >= 0.3 is 0 Å². The quantitative estimate of drug-likeness (QED) is 0.704. The Balaban J connectivity index is 2.16. The predicted molar refractivity (Wildman–Crippen MR) is 65.9 cm³/mol. The van der Waals surface area contributed by atoms with Gasteiger partial charge in [-0.25, -0.2) is 13.8 Å². The molecule has 0 radical (unpaired) electrons. The third-order valence-corrected chi connectivity index (χ3v) is 2.74. The van der Waals surface area contributed by atoms with Gasteiger partial charge in [-0.2, -0.15) is 0 Å². The van der Waals surface area contributed by atoms with Crippen LogP contribution in [-0.2, 0) is 0 Å². The van der Waals surface area contributed by atoms with Crippen LogP contribution in [0, 0.1) is 11.6 Å². The molecule has 96 valence electrons. The van der Waals surface area contributed by atoms with E-state index in [2.05, 4.69) is 9.72 Å². The van der Waals surface area contributed by atoms with Gasteiger partial charge in [-0.05, 0) is 24.3 Å². The predicted octanol–water partition coefficient (Wildman–Crippen LogP) is 3.78. The van der Waals surface area contributed by atoms with Crippen LogP contribution in [0.4, 0.5) is 8.78 Å². The Hall–Kier alpha value is -2.43. The molecule has 0 aliphatic heterocycles. The van der Waals surface area contributed by atoms with Crippen LogP contribution in [0.25, 0.3) is 22.6 Å². The SMILES string of the molecule is COc1c(F)cc(-c2nc3ccccc3o2)cc1F. The van der Waals surface area contributed by atoms with Gasteiger partial charge in [0.1, 0.15) is 5.52 Å². The third-order valence-electron chi connectivity index (χ3n) is 2.74. The minimum Gasteiger partial charge on any atom is -0.491 e. The summed E-state index contributed by atoms with van der Waals surface area (Å²) in [6.45, 7) is 0. The maximum Gasteiger partial charge on any atom is 0.227 e. The van der Waals surface area contributed by atoms with Crippen molar-refractivity contribution in [1.29, 1.82) is 0 Å². The fourth-order valence-corrected chi connectivity index (χ4v) is 1.87.